The van der Waals surface area contributed by atoms with Gasteiger partial charge in [0.2, 0.25) is 11.8 Å². The van der Waals surface area contributed by atoms with Crippen LogP contribution < -0.4 is 15.4 Å². The Morgan fingerprint density at radius 3 is 2.94 bits per heavy atom. The third kappa shape index (κ3) is 2.21. The van der Waals surface area contributed by atoms with Gasteiger partial charge in [-0.05, 0) is 0 Å². The maximum Gasteiger partial charge on any atom is 0.259 e. The largest absolute Gasteiger partial charge is 0.478 e. The van der Waals surface area contributed by atoms with Crippen molar-refractivity contribution in [2.45, 2.75) is 6.42 Å². The monoisotopic (exact) mass is 270 g/mol. The van der Waals surface area contributed by atoms with Gasteiger partial charge in [-0.15, -0.1) is 0 Å². The molecule has 2 amide bonds. The lowest BCUT2D eigenvalue weighted by Gasteiger charge is -2.16. The van der Waals surface area contributed by atoms with Crippen molar-refractivity contribution in [3.05, 3.63) is 11.3 Å². The molecule has 0 aliphatic carbocycles. The number of carbonyl (C=O) groups excluding carboxylic acids is 2. The summed E-state index contributed by atoms with van der Waals surface area (Å²) >= 11 is 5.69. The molecule has 1 aliphatic heterocycles. The van der Waals surface area contributed by atoms with Crippen LogP contribution >= 0.6 is 11.6 Å². The Kier molecular flexibility index (Phi) is 3.33. The fourth-order valence-corrected chi connectivity index (χ4v) is 1.90. The number of amides is 2. The number of anilines is 1. The fourth-order valence-electron chi connectivity index (χ4n) is 1.77. The number of primary amides is 1. The van der Waals surface area contributed by atoms with E-state index in [1.807, 2.05) is 0 Å². The summed E-state index contributed by atoms with van der Waals surface area (Å²) in [7, 11) is 1.40. The minimum Gasteiger partial charge on any atom is -0.478 e. The lowest BCUT2D eigenvalue weighted by molar-refractivity contribution is -0.123. The maximum absolute atomic E-state index is 11.8. The van der Waals surface area contributed by atoms with Crippen molar-refractivity contribution in [2.24, 2.45) is 11.7 Å². The first-order valence-electron chi connectivity index (χ1n) is 5.19. The number of ether oxygens (including phenoxy) is 1. The number of methoxy groups -OCH3 is 1. The van der Waals surface area contributed by atoms with Gasteiger partial charge in [0, 0.05) is 13.0 Å². The van der Waals surface area contributed by atoms with E-state index in [9.17, 15) is 9.59 Å². The molecule has 1 aliphatic rings. The van der Waals surface area contributed by atoms with E-state index in [4.69, 9.17) is 22.1 Å². The van der Waals surface area contributed by atoms with Crippen molar-refractivity contribution in [1.29, 1.82) is 0 Å². The van der Waals surface area contributed by atoms with Crippen molar-refractivity contribution >= 4 is 29.2 Å². The number of aromatic nitrogens is 2. The van der Waals surface area contributed by atoms with Gasteiger partial charge >= 0.3 is 0 Å². The van der Waals surface area contributed by atoms with Gasteiger partial charge in [0.15, 0.2) is 11.0 Å². The molecule has 0 spiro atoms. The quantitative estimate of drug-likeness (QED) is 0.832. The number of halogens is 1. The van der Waals surface area contributed by atoms with Gasteiger partial charge in [-0.1, -0.05) is 11.6 Å². The Morgan fingerprint density at radius 1 is 1.67 bits per heavy atom. The zero-order valence-corrected chi connectivity index (χ0v) is 10.3. The van der Waals surface area contributed by atoms with Crippen molar-refractivity contribution in [3.8, 4) is 5.88 Å². The fraction of sp³-hybridized carbons (Fsp3) is 0.400. The molecular weight excluding hydrogens is 260 g/mol. The Bertz CT molecular complexity index is 508. The summed E-state index contributed by atoms with van der Waals surface area (Å²) in [4.78, 5) is 32.1. The smallest absolute Gasteiger partial charge is 0.259 e. The molecule has 2 heterocycles. The topological polar surface area (TPSA) is 98.4 Å². The number of hydrogen-bond acceptors (Lipinski definition) is 5. The van der Waals surface area contributed by atoms with Crippen LogP contribution in [0.4, 0.5) is 5.82 Å². The van der Waals surface area contributed by atoms with Crippen LogP contribution in [0.15, 0.2) is 6.20 Å². The molecular formula is C10H11ClN4O3. The molecule has 7 nitrogen and oxygen atoms in total. The second kappa shape index (κ2) is 4.77. The molecule has 0 saturated carbocycles. The molecule has 1 atom stereocenters. The number of nitrogens with zero attached hydrogens (tertiary/aromatic N) is 3. The molecule has 0 radical (unpaired) electrons. The molecule has 18 heavy (non-hydrogen) atoms. The van der Waals surface area contributed by atoms with E-state index in [2.05, 4.69) is 9.97 Å². The highest BCUT2D eigenvalue weighted by Crippen LogP contribution is 2.30. The molecule has 1 fully saturated rings. The second-order valence-electron chi connectivity index (χ2n) is 3.83. The molecule has 1 saturated heterocycles. The van der Waals surface area contributed by atoms with Crippen LogP contribution in [0.5, 0.6) is 5.88 Å². The molecule has 96 valence electrons. The van der Waals surface area contributed by atoms with Gasteiger partial charge in [-0.2, -0.15) is 4.98 Å². The Morgan fingerprint density at radius 2 is 2.39 bits per heavy atom. The van der Waals surface area contributed by atoms with Crippen LogP contribution in [0.25, 0.3) is 0 Å². The highest BCUT2D eigenvalue weighted by Gasteiger charge is 2.36. The average molecular weight is 271 g/mol. The van der Waals surface area contributed by atoms with Gasteiger partial charge in [0.05, 0.1) is 19.2 Å². The van der Waals surface area contributed by atoms with Gasteiger partial charge in [-0.25, -0.2) is 4.98 Å². The van der Waals surface area contributed by atoms with Crippen LogP contribution in [0.1, 0.15) is 6.42 Å². The predicted octanol–water partition coefficient (Wildman–Crippen LogP) is -0.0232. The van der Waals surface area contributed by atoms with E-state index < -0.39 is 11.8 Å². The summed E-state index contributed by atoms with van der Waals surface area (Å²) in [6, 6.07) is 0. The zero-order valence-electron chi connectivity index (χ0n) is 9.59. The first kappa shape index (κ1) is 12.6. The number of hydrogen-bond donors (Lipinski definition) is 1. The summed E-state index contributed by atoms with van der Waals surface area (Å²) in [5, 5.41) is 0.161. The average Bonchev–Trinajstić information content (AvgIpc) is 2.71. The van der Waals surface area contributed by atoms with Crippen LogP contribution in [-0.4, -0.2) is 35.4 Å². The zero-order chi connectivity index (χ0) is 13.3. The molecule has 2 N–H and O–H groups in total. The first-order valence-corrected chi connectivity index (χ1v) is 5.57. The predicted molar refractivity (Wildman–Crippen MR) is 63.2 cm³/mol. The van der Waals surface area contributed by atoms with Crippen molar-refractivity contribution in [3.63, 3.8) is 0 Å². The van der Waals surface area contributed by atoms with Crippen molar-refractivity contribution < 1.29 is 14.3 Å². The highest BCUT2D eigenvalue weighted by molar-refractivity contribution is 6.29. The molecule has 1 unspecified atom stereocenters. The second-order valence-corrected chi connectivity index (χ2v) is 4.22. The molecule has 1 aromatic heterocycles. The van der Waals surface area contributed by atoms with E-state index in [0.717, 1.165) is 0 Å². The van der Waals surface area contributed by atoms with E-state index >= 15 is 0 Å². The van der Waals surface area contributed by atoms with E-state index in [0.29, 0.717) is 0 Å². The van der Waals surface area contributed by atoms with Gasteiger partial charge < -0.3 is 10.5 Å². The summed E-state index contributed by atoms with van der Waals surface area (Å²) < 4.78 is 5.01. The number of nitrogens with two attached hydrogens (primary N) is 1. The number of rotatable bonds is 3. The molecule has 0 aromatic carbocycles. The minimum atomic E-state index is -0.514. The third-order valence-corrected chi connectivity index (χ3v) is 2.85. The van der Waals surface area contributed by atoms with E-state index in [1.54, 1.807) is 0 Å². The number of carbonyl (C=O) groups is 2. The SMILES string of the molecule is COc1nc(Cl)cnc1N1CC(C(N)=O)CC1=O. The summed E-state index contributed by atoms with van der Waals surface area (Å²) in [6.45, 7) is 0.181. The summed E-state index contributed by atoms with van der Waals surface area (Å²) in [5.74, 6) is -0.878. The normalized spacial score (nSPS) is 19.1. The van der Waals surface area contributed by atoms with Gasteiger partial charge in [0.1, 0.15) is 0 Å². The summed E-state index contributed by atoms with van der Waals surface area (Å²) in [5.41, 5.74) is 5.19. The standard InChI is InChI=1S/C10H11ClN4O3/c1-18-10-9(13-3-6(11)14-10)15-4-5(8(12)17)2-7(15)16/h3,5H,2,4H2,1H3,(H2,12,17). The lowest BCUT2D eigenvalue weighted by Crippen LogP contribution is -2.29. The highest BCUT2D eigenvalue weighted by atomic mass is 35.5. The van der Waals surface area contributed by atoms with Gasteiger partial charge in [0.25, 0.3) is 5.88 Å². The van der Waals surface area contributed by atoms with Crippen LogP contribution in [0.2, 0.25) is 5.15 Å². The Balaban J connectivity index is 2.32. The molecule has 0 bridgehead atoms. The van der Waals surface area contributed by atoms with Crippen LogP contribution in [0.3, 0.4) is 0 Å². The summed E-state index contributed by atoms with van der Waals surface area (Å²) in [6.07, 6.45) is 1.38. The van der Waals surface area contributed by atoms with E-state index in [1.165, 1.54) is 18.2 Å². The van der Waals surface area contributed by atoms with Crippen LogP contribution in [0, 0.1) is 5.92 Å². The van der Waals surface area contributed by atoms with Crippen molar-refractivity contribution in [2.75, 3.05) is 18.6 Å². The van der Waals surface area contributed by atoms with Gasteiger partial charge in [-0.3, -0.25) is 14.5 Å². The minimum absolute atomic E-state index is 0.0722. The molecule has 2 rings (SSSR count). The molecule has 8 heteroatoms. The van der Waals surface area contributed by atoms with Crippen LogP contribution in [-0.2, 0) is 9.59 Å². The molecule has 1 aromatic rings. The first-order chi connectivity index (χ1) is 8.52. The Labute approximate surface area is 108 Å². The van der Waals surface area contributed by atoms with Crippen molar-refractivity contribution in [1.82, 2.24) is 9.97 Å². The Hall–Kier alpha value is -1.89. The third-order valence-electron chi connectivity index (χ3n) is 2.67. The lowest BCUT2D eigenvalue weighted by atomic mass is 10.1. The van der Waals surface area contributed by atoms with E-state index in [-0.39, 0.29) is 35.7 Å². The maximum atomic E-state index is 11.8.